The van der Waals surface area contributed by atoms with E-state index in [0.29, 0.717) is 11.7 Å². The highest BCUT2D eigenvalue weighted by Gasteiger charge is 2.28. The van der Waals surface area contributed by atoms with Gasteiger partial charge in [-0.05, 0) is 19.4 Å². The van der Waals surface area contributed by atoms with Gasteiger partial charge in [0.2, 0.25) is 5.89 Å². The Hall–Kier alpha value is -1.72. The minimum Gasteiger partial charge on any atom is -0.371 e. The molecule has 1 fully saturated rings. The van der Waals surface area contributed by atoms with Gasteiger partial charge in [0.05, 0.1) is 18.8 Å². The van der Waals surface area contributed by atoms with E-state index in [2.05, 4.69) is 34.1 Å². The second-order valence-electron chi connectivity index (χ2n) is 5.12. The molecule has 0 N–H and O–H groups in total. The van der Waals surface area contributed by atoms with Crippen molar-refractivity contribution in [3.63, 3.8) is 0 Å². The smallest absolute Gasteiger partial charge is 0.243 e. The van der Waals surface area contributed by atoms with Crippen molar-refractivity contribution in [3.8, 4) is 0 Å². The van der Waals surface area contributed by atoms with Gasteiger partial charge in [-0.2, -0.15) is 4.98 Å². The number of morpholine rings is 1. The third-order valence-corrected chi connectivity index (χ3v) is 3.72. The van der Waals surface area contributed by atoms with Crippen LogP contribution < -0.4 is 0 Å². The molecule has 2 heterocycles. The van der Waals surface area contributed by atoms with Crippen LogP contribution in [0.25, 0.3) is 0 Å². The average molecular weight is 273 g/mol. The summed E-state index contributed by atoms with van der Waals surface area (Å²) in [7, 11) is 0. The summed E-state index contributed by atoms with van der Waals surface area (Å²) in [6, 6.07) is 10.4. The first-order chi connectivity index (χ1) is 9.74. The molecule has 2 unspecified atom stereocenters. The fourth-order valence-electron chi connectivity index (χ4n) is 2.53. The number of rotatable bonds is 3. The third-order valence-electron chi connectivity index (χ3n) is 3.72. The minimum absolute atomic E-state index is 0.108. The van der Waals surface area contributed by atoms with E-state index in [9.17, 15) is 0 Å². The molecule has 20 heavy (non-hydrogen) atoms. The lowest BCUT2D eigenvalue weighted by Crippen LogP contribution is -2.40. The van der Waals surface area contributed by atoms with Crippen LogP contribution in [0.3, 0.4) is 0 Å². The Kier molecular flexibility index (Phi) is 3.80. The van der Waals surface area contributed by atoms with Crippen LogP contribution in [-0.4, -0.2) is 34.7 Å². The molecule has 0 saturated carbocycles. The highest BCUT2D eigenvalue weighted by Crippen LogP contribution is 2.27. The van der Waals surface area contributed by atoms with E-state index < -0.39 is 0 Å². The first-order valence-electron chi connectivity index (χ1n) is 6.95. The van der Waals surface area contributed by atoms with Crippen molar-refractivity contribution in [1.29, 1.82) is 0 Å². The predicted octanol–water partition coefficient (Wildman–Crippen LogP) is 2.51. The van der Waals surface area contributed by atoms with Gasteiger partial charge in [0, 0.05) is 13.1 Å². The summed E-state index contributed by atoms with van der Waals surface area (Å²) in [5, 5.41) is 3.87. The molecule has 1 aliphatic heterocycles. The van der Waals surface area contributed by atoms with Crippen LogP contribution in [0.1, 0.15) is 36.3 Å². The lowest BCUT2D eigenvalue weighted by Gasteiger charge is -2.35. The van der Waals surface area contributed by atoms with Crippen molar-refractivity contribution in [1.82, 2.24) is 15.0 Å². The average Bonchev–Trinajstić information content (AvgIpc) is 2.94. The van der Waals surface area contributed by atoms with Crippen molar-refractivity contribution in [2.45, 2.75) is 26.0 Å². The fourth-order valence-corrected chi connectivity index (χ4v) is 2.53. The molecule has 5 heteroatoms. The van der Waals surface area contributed by atoms with Crippen molar-refractivity contribution >= 4 is 0 Å². The lowest BCUT2D eigenvalue weighted by atomic mass is 10.1. The Morgan fingerprint density at radius 2 is 2.10 bits per heavy atom. The summed E-state index contributed by atoms with van der Waals surface area (Å²) in [6.07, 6.45) is 0.108. The van der Waals surface area contributed by atoms with Gasteiger partial charge in [0.1, 0.15) is 0 Å². The van der Waals surface area contributed by atoms with Gasteiger partial charge < -0.3 is 9.26 Å². The van der Waals surface area contributed by atoms with E-state index in [-0.39, 0.29) is 12.1 Å². The predicted molar refractivity (Wildman–Crippen MR) is 74.2 cm³/mol. The van der Waals surface area contributed by atoms with Crippen LogP contribution in [0.4, 0.5) is 0 Å². The Morgan fingerprint density at radius 1 is 1.30 bits per heavy atom. The van der Waals surface area contributed by atoms with Crippen LogP contribution in [-0.2, 0) is 4.74 Å². The molecule has 1 aromatic heterocycles. The van der Waals surface area contributed by atoms with Gasteiger partial charge in [0.25, 0.3) is 0 Å². The quantitative estimate of drug-likeness (QED) is 0.860. The van der Waals surface area contributed by atoms with Crippen molar-refractivity contribution in [2.24, 2.45) is 0 Å². The monoisotopic (exact) mass is 273 g/mol. The van der Waals surface area contributed by atoms with E-state index >= 15 is 0 Å². The van der Waals surface area contributed by atoms with Crippen LogP contribution in [0.5, 0.6) is 0 Å². The SMILES string of the molecule is Cc1noc(C(C)N2CCOC(c3ccccc3)C2)n1. The highest BCUT2D eigenvalue weighted by atomic mass is 16.5. The molecule has 5 nitrogen and oxygen atoms in total. The van der Waals surface area contributed by atoms with Crippen molar-refractivity contribution in [2.75, 3.05) is 19.7 Å². The van der Waals surface area contributed by atoms with Crippen molar-refractivity contribution < 1.29 is 9.26 Å². The standard InChI is InChI=1S/C15H19N3O2/c1-11(15-16-12(2)17-20-15)18-8-9-19-14(10-18)13-6-4-3-5-7-13/h3-7,11,14H,8-10H2,1-2H3. The minimum atomic E-state index is 0.108. The molecule has 0 spiro atoms. The van der Waals surface area contributed by atoms with E-state index in [1.54, 1.807) is 0 Å². The summed E-state index contributed by atoms with van der Waals surface area (Å²) in [6.45, 7) is 6.38. The van der Waals surface area contributed by atoms with Crippen molar-refractivity contribution in [3.05, 3.63) is 47.6 Å². The van der Waals surface area contributed by atoms with Crippen LogP contribution in [0.15, 0.2) is 34.9 Å². The van der Waals surface area contributed by atoms with E-state index in [0.717, 1.165) is 19.7 Å². The Bertz CT molecular complexity index is 555. The maximum absolute atomic E-state index is 5.88. The normalized spacial score (nSPS) is 21.8. The zero-order valence-corrected chi connectivity index (χ0v) is 11.8. The Labute approximate surface area is 118 Å². The number of aryl methyl sites for hydroxylation is 1. The molecular weight excluding hydrogens is 254 g/mol. The number of nitrogens with zero attached hydrogens (tertiary/aromatic N) is 3. The molecule has 1 aromatic carbocycles. The number of benzene rings is 1. The van der Waals surface area contributed by atoms with Gasteiger partial charge in [-0.15, -0.1) is 0 Å². The zero-order valence-electron chi connectivity index (χ0n) is 11.8. The molecule has 0 bridgehead atoms. The molecule has 3 rings (SSSR count). The number of aromatic nitrogens is 2. The summed E-state index contributed by atoms with van der Waals surface area (Å²) in [4.78, 5) is 6.65. The summed E-state index contributed by atoms with van der Waals surface area (Å²) in [5.41, 5.74) is 1.21. The number of ether oxygens (including phenoxy) is 1. The molecule has 2 atom stereocenters. The third kappa shape index (κ3) is 2.73. The highest BCUT2D eigenvalue weighted by molar-refractivity contribution is 5.18. The summed E-state index contributed by atoms with van der Waals surface area (Å²) >= 11 is 0. The van der Waals surface area contributed by atoms with Gasteiger partial charge in [-0.1, -0.05) is 35.5 Å². The largest absolute Gasteiger partial charge is 0.371 e. The molecule has 0 radical (unpaired) electrons. The van der Waals surface area contributed by atoms with Gasteiger partial charge in [-0.3, -0.25) is 4.90 Å². The maximum atomic E-state index is 5.88. The molecule has 0 aliphatic carbocycles. The fraction of sp³-hybridized carbons (Fsp3) is 0.467. The van der Waals surface area contributed by atoms with E-state index in [4.69, 9.17) is 9.26 Å². The number of hydrogen-bond acceptors (Lipinski definition) is 5. The molecular formula is C15H19N3O2. The van der Waals surface area contributed by atoms with Crippen LogP contribution in [0, 0.1) is 6.92 Å². The molecule has 2 aromatic rings. The molecule has 106 valence electrons. The van der Waals surface area contributed by atoms with E-state index in [1.165, 1.54) is 5.56 Å². The second kappa shape index (κ2) is 5.73. The molecule has 0 amide bonds. The van der Waals surface area contributed by atoms with Gasteiger partial charge >= 0.3 is 0 Å². The maximum Gasteiger partial charge on any atom is 0.243 e. The van der Waals surface area contributed by atoms with Crippen LogP contribution >= 0.6 is 0 Å². The van der Waals surface area contributed by atoms with E-state index in [1.807, 2.05) is 25.1 Å². The first-order valence-corrected chi connectivity index (χ1v) is 6.95. The van der Waals surface area contributed by atoms with Crippen LogP contribution in [0.2, 0.25) is 0 Å². The molecule has 1 saturated heterocycles. The van der Waals surface area contributed by atoms with Gasteiger partial charge in [-0.25, -0.2) is 0 Å². The Balaban J connectivity index is 1.72. The summed E-state index contributed by atoms with van der Waals surface area (Å²) < 4.78 is 11.2. The number of hydrogen-bond donors (Lipinski definition) is 0. The topological polar surface area (TPSA) is 51.4 Å². The second-order valence-corrected chi connectivity index (χ2v) is 5.12. The Morgan fingerprint density at radius 3 is 2.80 bits per heavy atom. The lowest BCUT2D eigenvalue weighted by molar-refractivity contribution is -0.0469. The zero-order chi connectivity index (χ0) is 13.9. The molecule has 1 aliphatic rings. The van der Waals surface area contributed by atoms with Gasteiger partial charge in [0.15, 0.2) is 5.82 Å². The first kappa shape index (κ1) is 13.3. The summed E-state index contributed by atoms with van der Waals surface area (Å²) in [5.74, 6) is 1.36.